The van der Waals surface area contributed by atoms with E-state index in [0.29, 0.717) is 5.70 Å². The first-order valence-electron chi connectivity index (χ1n) is 2.29. The molecule has 0 fully saturated rings. The maximum absolute atomic E-state index is 5.64. The van der Waals surface area contributed by atoms with E-state index in [1.165, 1.54) is 0 Å². The van der Waals surface area contributed by atoms with Crippen LogP contribution in [0.3, 0.4) is 0 Å². The first-order chi connectivity index (χ1) is 4.20. The number of allylic oxidation sites excluding steroid dienone is 2. The van der Waals surface area contributed by atoms with Gasteiger partial charge < -0.3 is 11.5 Å². The molecule has 0 aromatic rings. The Bertz CT molecular complexity index is 217. The lowest BCUT2D eigenvalue weighted by Crippen LogP contribution is -2.05. The Labute approximate surface area is 68.3 Å². The van der Waals surface area contributed by atoms with Crippen LogP contribution in [0.25, 0.3) is 0 Å². The zero-order chi connectivity index (χ0) is 6.85. The number of halogens is 2. The molecule has 4 heteroatoms. The van der Waals surface area contributed by atoms with E-state index in [2.05, 4.69) is 0 Å². The van der Waals surface area contributed by atoms with Crippen molar-refractivity contribution < 1.29 is 0 Å². The Morgan fingerprint density at radius 2 is 2.11 bits per heavy atom. The van der Waals surface area contributed by atoms with Crippen LogP contribution in [0.1, 0.15) is 0 Å². The molecule has 4 N–H and O–H groups in total. The van der Waals surface area contributed by atoms with Crippen molar-refractivity contribution in [2.24, 2.45) is 11.5 Å². The average Bonchev–Trinajstić information content (AvgIpc) is 1.80. The van der Waals surface area contributed by atoms with E-state index in [1.54, 1.807) is 6.08 Å². The molecule has 0 unspecified atom stereocenters. The first-order valence-corrected chi connectivity index (χ1v) is 4.99. The predicted octanol–water partition coefficient (Wildman–Crippen LogP) is 0.982. The van der Waals surface area contributed by atoms with Crippen molar-refractivity contribution in [3.05, 3.63) is 20.5 Å². The molecule has 0 bridgehead atoms. The number of nitrogens with two attached hydrogens (primary N) is 2. The fourth-order valence-corrected chi connectivity index (χ4v) is 2.15. The minimum Gasteiger partial charge on any atom is -0.397 e. The highest BCUT2D eigenvalue weighted by molar-refractivity contribution is 14.2. The van der Waals surface area contributed by atoms with Gasteiger partial charge in [-0.3, -0.25) is 0 Å². The van der Waals surface area contributed by atoms with Crippen LogP contribution in [0.15, 0.2) is 20.5 Å². The minimum atomic E-state index is -0.221. The molecule has 0 radical (unpaired) electrons. The van der Waals surface area contributed by atoms with Crippen molar-refractivity contribution in [3.8, 4) is 0 Å². The average molecular weight is 256 g/mol. The Hall–Kier alpha value is -0.0300. The molecule has 1 heterocycles. The Balaban J connectivity index is 3.01. The molecule has 1 rings (SSSR count). The topological polar surface area (TPSA) is 52.0 Å². The van der Waals surface area contributed by atoms with Crippen molar-refractivity contribution in [2.45, 2.75) is 0 Å². The van der Waals surface area contributed by atoms with Crippen molar-refractivity contribution in [1.29, 1.82) is 0 Å². The van der Waals surface area contributed by atoms with Gasteiger partial charge in [-0.15, -0.1) is 0 Å². The Morgan fingerprint density at radius 3 is 2.56 bits per heavy atom. The van der Waals surface area contributed by atoms with Crippen LogP contribution >= 0.6 is 32.3 Å². The summed E-state index contributed by atoms with van der Waals surface area (Å²) in [6.45, 7) is 0. The van der Waals surface area contributed by atoms with Gasteiger partial charge in [-0.25, -0.2) is 0 Å². The van der Waals surface area contributed by atoms with Crippen LogP contribution in [0.4, 0.5) is 0 Å². The molecule has 50 valence electrons. The summed E-state index contributed by atoms with van der Waals surface area (Å²) in [7, 11) is 0. The monoisotopic (exact) mass is 256 g/mol. The highest BCUT2D eigenvalue weighted by Crippen LogP contribution is 2.19. The summed E-state index contributed by atoms with van der Waals surface area (Å²) in [5, 5.41) is 0.717. The lowest BCUT2D eigenvalue weighted by Gasteiger charge is -2.01. The molecule has 2 nitrogen and oxygen atoms in total. The third kappa shape index (κ3) is 1.69. The second-order valence-corrected chi connectivity index (χ2v) is 4.39. The van der Waals surface area contributed by atoms with Gasteiger partial charge in [0.2, 0.25) is 0 Å². The third-order valence-electron chi connectivity index (χ3n) is 0.846. The molecule has 0 spiro atoms. The smallest absolute Gasteiger partial charge is 0.0883 e. The minimum absolute atomic E-state index is 0.221. The molecule has 0 saturated carbocycles. The van der Waals surface area contributed by atoms with Gasteiger partial charge in [0.25, 0.3) is 0 Å². The van der Waals surface area contributed by atoms with Gasteiger partial charge in [-0.2, -0.15) is 0 Å². The van der Waals surface area contributed by atoms with Crippen LogP contribution in [0, 0.1) is 0 Å². The molecule has 0 amide bonds. The van der Waals surface area contributed by atoms with Crippen LogP contribution in [-0.4, -0.2) is 4.01 Å². The highest BCUT2D eigenvalue weighted by atomic mass is 127. The Morgan fingerprint density at radius 1 is 1.44 bits per heavy atom. The zero-order valence-corrected chi connectivity index (χ0v) is 7.48. The SMILES string of the molecule is NC1=C(N)I=CC(Cl)=C1. The Kier molecular flexibility index (Phi) is 2.13. The molecule has 9 heavy (non-hydrogen) atoms. The van der Waals surface area contributed by atoms with E-state index in [0.717, 1.165) is 8.74 Å². The van der Waals surface area contributed by atoms with Crippen LogP contribution in [0.5, 0.6) is 0 Å². The van der Waals surface area contributed by atoms with Gasteiger partial charge in [-0.1, -0.05) is 32.3 Å². The highest BCUT2D eigenvalue weighted by Gasteiger charge is 1.98. The van der Waals surface area contributed by atoms with Gasteiger partial charge >= 0.3 is 0 Å². The van der Waals surface area contributed by atoms with Gasteiger partial charge in [0.1, 0.15) is 0 Å². The first kappa shape index (κ1) is 7.08. The van der Waals surface area contributed by atoms with E-state index in [1.807, 2.05) is 4.01 Å². The molecular formula is C5H6ClIN2. The largest absolute Gasteiger partial charge is 0.397 e. The molecule has 0 aromatic carbocycles. The molecule has 0 atom stereocenters. The summed E-state index contributed by atoms with van der Waals surface area (Å²) in [5.74, 6) is 0. The fourth-order valence-electron chi connectivity index (χ4n) is 0.423. The second kappa shape index (κ2) is 2.70. The van der Waals surface area contributed by atoms with Gasteiger partial charge in [0.15, 0.2) is 0 Å². The number of hydrogen-bond donors (Lipinski definition) is 2. The van der Waals surface area contributed by atoms with Crippen molar-refractivity contribution in [3.63, 3.8) is 0 Å². The van der Waals surface area contributed by atoms with Crippen molar-refractivity contribution in [1.82, 2.24) is 0 Å². The van der Waals surface area contributed by atoms with E-state index in [4.69, 9.17) is 23.1 Å². The molecule has 1 aliphatic rings. The standard InChI is InChI=1S/C5H6ClIN2/c6-3-1-4(8)5(9)7-2-3/h1-2H,8-9H2. The van der Waals surface area contributed by atoms with Crippen LogP contribution in [0.2, 0.25) is 0 Å². The number of hydrogen-bond acceptors (Lipinski definition) is 2. The third-order valence-corrected chi connectivity index (χ3v) is 3.71. The normalized spacial score (nSPS) is 19.0. The van der Waals surface area contributed by atoms with E-state index in [-0.39, 0.29) is 20.7 Å². The summed E-state index contributed by atoms with van der Waals surface area (Å²) in [6, 6.07) is 0. The zero-order valence-electron chi connectivity index (χ0n) is 4.57. The maximum Gasteiger partial charge on any atom is 0.0883 e. The van der Waals surface area contributed by atoms with Crippen molar-refractivity contribution >= 4 is 36.3 Å². The summed E-state index contributed by atoms with van der Waals surface area (Å²) >= 11 is 5.42. The van der Waals surface area contributed by atoms with Gasteiger partial charge in [-0.05, 0) is 10.1 Å². The van der Waals surface area contributed by atoms with E-state index in [9.17, 15) is 0 Å². The summed E-state index contributed by atoms with van der Waals surface area (Å²) in [4.78, 5) is 0. The lowest BCUT2D eigenvalue weighted by molar-refractivity contribution is 1.36. The lowest BCUT2D eigenvalue weighted by atomic mass is 10.4. The second-order valence-electron chi connectivity index (χ2n) is 1.55. The number of rotatable bonds is 0. The summed E-state index contributed by atoms with van der Waals surface area (Å²) < 4.78 is 2.74. The molecular weight excluding hydrogens is 250 g/mol. The van der Waals surface area contributed by atoms with E-state index >= 15 is 0 Å². The molecule has 0 aromatic heterocycles. The van der Waals surface area contributed by atoms with E-state index < -0.39 is 0 Å². The van der Waals surface area contributed by atoms with Crippen LogP contribution in [-0.2, 0) is 0 Å². The maximum atomic E-state index is 5.64. The summed E-state index contributed by atoms with van der Waals surface area (Å²) in [6.07, 6.45) is 1.68. The molecule has 0 saturated heterocycles. The predicted molar refractivity (Wildman–Crippen MR) is 49.4 cm³/mol. The molecule has 1 aliphatic heterocycles. The molecule has 0 aliphatic carbocycles. The summed E-state index contributed by atoms with van der Waals surface area (Å²) in [5.41, 5.74) is 11.6. The quantitative estimate of drug-likeness (QED) is 0.501. The van der Waals surface area contributed by atoms with Gasteiger partial charge in [0, 0.05) is 5.03 Å². The van der Waals surface area contributed by atoms with Crippen molar-refractivity contribution in [2.75, 3.05) is 0 Å². The van der Waals surface area contributed by atoms with Gasteiger partial charge in [0.05, 0.1) is 9.40 Å². The fraction of sp³-hybridized carbons (Fsp3) is 0. The van der Waals surface area contributed by atoms with Crippen LogP contribution < -0.4 is 11.5 Å².